The molecule has 2 amide bonds. The molecule has 0 aliphatic heterocycles. The molecule has 0 radical (unpaired) electrons. The van der Waals surface area contributed by atoms with Crippen LogP contribution in [0.3, 0.4) is 0 Å². The lowest BCUT2D eigenvalue weighted by molar-refractivity contribution is -0.155. The van der Waals surface area contributed by atoms with Gasteiger partial charge in [-0.3, -0.25) is 0 Å². The Morgan fingerprint density at radius 3 is 2.29 bits per heavy atom. The minimum atomic E-state index is -1.94. The molecule has 0 fully saturated rings. The Labute approximate surface area is 102 Å². The van der Waals surface area contributed by atoms with E-state index in [-0.39, 0.29) is 12.6 Å². The Morgan fingerprint density at radius 2 is 1.94 bits per heavy atom. The molecule has 0 spiro atoms. The minimum Gasteiger partial charge on any atom is -0.479 e. The third kappa shape index (κ3) is 5.53. The van der Waals surface area contributed by atoms with Gasteiger partial charge in [-0.15, -0.1) is 0 Å². The molecule has 0 heterocycles. The summed E-state index contributed by atoms with van der Waals surface area (Å²) >= 11 is 0. The van der Waals surface area contributed by atoms with Crippen LogP contribution in [0.4, 0.5) is 4.79 Å². The fraction of sp³-hybridized carbons (Fsp3) is 0.818. The number of nitrogens with one attached hydrogen (secondary N) is 1. The van der Waals surface area contributed by atoms with Crippen molar-refractivity contribution in [1.82, 2.24) is 10.2 Å². The van der Waals surface area contributed by atoms with Crippen molar-refractivity contribution < 1.29 is 19.8 Å². The van der Waals surface area contributed by atoms with Gasteiger partial charge in [-0.05, 0) is 19.8 Å². The van der Waals surface area contributed by atoms with Gasteiger partial charge in [0, 0.05) is 13.1 Å². The van der Waals surface area contributed by atoms with Crippen molar-refractivity contribution in [3.8, 4) is 0 Å². The van der Waals surface area contributed by atoms with Gasteiger partial charge in [0.15, 0.2) is 5.60 Å². The fourth-order valence-electron chi connectivity index (χ4n) is 1.23. The maximum atomic E-state index is 11.7. The first-order chi connectivity index (χ1) is 7.70. The number of carboxylic acid groups (broad SMARTS) is 1. The quantitative estimate of drug-likeness (QED) is 0.637. The van der Waals surface area contributed by atoms with Gasteiger partial charge in [-0.25, -0.2) is 9.59 Å². The van der Waals surface area contributed by atoms with E-state index < -0.39 is 11.6 Å². The fourth-order valence-corrected chi connectivity index (χ4v) is 1.23. The van der Waals surface area contributed by atoms with Crippen LogP contribution in [0.1, 0.15) is 27.7 Å². The number of aliphatic carboxylic acids is 1. The SMILES string of the molecule is CCN(CC(C)C)C(=O)NCC(C)(O)C(=O)O. The van der Waals surface area contributed by atoms with Crippen LogP contribution in [0.25, 0.3) is 0 Å². The number of carbonyl (C=O) groups is 2. The van der Waals surface area contributed by atoms with E-state index in [1.165, 1.54) is 0 Å². The summed E-state index contributed by atoms with van der Waals surface area (Å²) in [6.45, 7) is 7.80. The average molecular weight is 246 g/mol. The molecular formula is C11H22N2O4. The molecule has 0 aromatic carbocycles. The van der Waals surface area contributed by atoms with E-state index in [0.717, 1.165) is 6.92 Å². The van der Waals surface area contributed by atoms with Gasteiger partial charge in [0.25, 0.3) is 0 Å². The average Bonchev–Trinajstić information content (AvgIpc) is 2.22. The van der Waals surface area contributed by atoms with Crippen LogP contribution in [0.2, 0.25) is 0 Å². The number of carbonyl (C=O) groups excluding carboxylic acids is 1. The Kier molecular flexibility index (Phi) is 5.95. The Bertz CT molecular complexity index is 277. The summed E-state index contributed by atoms with van der Waals surface area (Å²) in [6, 6.07) is -0.359. The third-order valence-corrected chi connectivity index (χ3v) is 2.30. The van der Waals surface area contributed by atoms with Gasteiger partial charge in [0.1, 0.15) is 0 Å². The number of amides is 2. The molecule has 0 saturated heterocycles. The van der Waals surface area contributed by atoms with Gasteiger partial charge in [-0.2, -0.15) is 0 Å². The largest absolute Gasteiger partial charge is 0.479 e. The van der Waals surface area contributed by atoms with Gasteiger partial charge in [0.2, 0.25) is 0 Å². The molecular weight excluding hydrogens is 224 g/mol. The monoisotopic (exact) mass is 246 g/mol. The van der Waals surface area contributed by atoms with E-state index in [9.17, 15) is 14.7 Å². The standard InChI is InChI=1S/C11H22N2O4/c1-5-13(6-8(2)3)10(16)12-7-11(4,17)9(14)15/h8,17H,5-7H2,1-4H3,(H,12,16)(H,14,15). The van der Waals surface area contributed by atoms with Crippen molar-refractivity contribution >= 4 is 12.0 Å². The van der Waals surface area contributed by atoms with E-state index in [0.29, 0.717) is 19.0 Å². The molecule has 6 nitrogen and oxygen atoms in total. The predicted molar refractivity (Wildman–Crippen MR) is 63.7 cm³/mol. The molecule has 0 bridgehead atoms. The lowest BCUT2D eigenvalue weighted by Gasteiger charge is -2.25. The second-order valence-electron chi connectivity index (χ2n) is 4.67. The van der Waals surface area contributed by atoms with Crippen LogP contribution in [0.5, 0.6) is 0 Å². The van der Waals surface area contributed by atoms with Crippen molar-refractivity contribution in [2.24, 2.45) is 5.92 Å². The molecule has 0 aromatic rings. The number of rotatable bonds is 6. The highest BCUT2D eigenvalue weighted by molar-refractivity contribution is 5.79. The Hall–Kier alpha value is -1.30. The highest BCUT2D eigenvalue weighted by Crippen LogP contribution is 2.03. The predicted octanol–water partition coefficient (Wildman–Crippen LogP) is 0.509. The molecule has 1 atom stereocenters. The summed E-state index contributed by atoms with van der Waals surface area (Å²) in [5, 5.41) is 20.5. The normalized spacial score (nSPS) is 14.2. The van der Waals surface area contributed by atoms with Crippen LogP contribution in [-0.4, -0.2) is 52.3 Å². The molecule has 100 valence electrons. The first kappa shape index (κ1) is 15.7. The molecule has 0 aliphatic carbocycles. The minimum absolute atomic E-state index is 0.310. The summed E-state index contributed by atoms with van der Waals surface area (Å²) in [4.78, 5) is 23.9. The van der Waals surface area contributed by atoms with Gasteiger partial charge in [-0.1, -0.05) is 13.8 Å². The molecule has 0 aromatic heterocycles. The van der Waals surface area contributed by atoms with Crippen molar-refractivity contribution in [1.29, 1.82) is 0 Å². The lowest BCUT2D eigenvalue weighted by Crippen LogP contribution is -2.50. The third-order valence-electron chi connectivity index (χ3n) is 2.30. The van der Waals surface area contributed by atoms with E-state index in [2.05, 4.69) is 5.32 Å². The number of nitrogens with zero attached hydrogens (tertiary/aromatic N) is 1. The van der Waals surface area contributed by atoms with Crippen molar-refractivity contribution in [3.63, 3.8) is 0 Å². The van der Waals surface area contributed by atoms with Crippen LogP contribution >= 0.6 is 0 Å². The van der Waals surface area contributed by atoms with Gasteiger partial charge < -0.3 is 20.4 Å². The highest BCUT2D eigenvalue weighted by Gasteiger charge is 2.30. The van der Waals surface area contributed by atoms with Crippen LogP contribution < -0.4 is 5.32 Å². The summed E-state index contributed by atoms with van der Waals surface area (Å²) in [5.74, 6) is -1.02. The van der Waals surface area contributed by atoms with Crippen LogP contribution in [0, 0.1) is 5.92 Å². The number of urea groups is 1. The van der Waals surface area contributed by atoms with Gasteiger partial charge >= 0.3 is 12.0 Å². The first-order valence-corrected chi connectivity index (χ1v) is 5.69. The Balaban J connectivity index is 4.29. The topological polar surface area (TPSA) is 89.9 Å². The maximum Gasteiger partial charge on any atom is 0.337 e. The molecule has 0 rings (SSSR count). The first-order valence-electron chi connectivity index (χ1n) is 5.69. The number of hydrogen-bond donors (Lipinski definition) is 3. The van der Waals surface area contributed by atoms with E-state index in [1.54, 1.807) is 4.90 Å². The van der Waals surface area contributed by atoms with Crippen molar-refractivity contribution in [3.05, 3.63) is 0 Å². The highest BCUT2D eigenvalue weighted by atomic mass is 16.4. The molecule has 3 N–H and O–H groups in total. The molecule has 0 aliphatic rings. The van der Waals surface area contributed by atoms with E-state index in [1.807, 2.05) is 20.8 Å². The van der Waals surface area contributed by atoms with E-state index in [4.69, 9.17) is 5.11 Å². The number of aliphatic hydroxyl groups is 1. The smallest absolute Gasteiger partial charge is 0.337 e. The molecule has 0 saturated carbocycles. The second kappa shape index (κ2) is 6.44. The Morgan fingerprint density at radius 1 is 1.41 bits per heavy atom. The maximum absolute atomic E-state index is 11.7. The zero-order valence-corrected chi connectivity index (χ0v) is 10.9. The summed E-state index contributed by atoms with van der Waals surface area (Å²) in [5.41, 5.74) is -1.94. The zero-order chi connectivity index (χ0) is 13.6. The number of hydrogen-bond acceptors (Lipinski definition) is 3. The van der Waals surface area contributed by atoms with E-state index >= 15 is 0 Å². The van der Waals surface area contributed by atoms with Gasteiger partial charge in [0.05, 0.1) is 6.54 Å². The summed E-state index contributed by atoms with van der Waals surface area (Å²) in [7, 11) is 0. The second-order valence-corrected chi connectivity index (χ2v) is 4.67. The van der Waals surface area contributed by atoms with Crippen LogP contribution in [0.15, 0.2) is 0 Å². The summed E-state index contributed by atoms with van der Waals surface area (Å²) in [6.07, 6.45) is 0. The van der Waals surface area contributed by atoms with Crippen molar-refractivity contribution in [2.75, 3.05) is 19.6 Å². The van der Waals surface area contributed by atoms with Crippen molar-refractivity contribution in [2.45, 2.75) is 33.3 Å². The molecule has 1 unspecified atom stereocenters. The lowest BCUT2D eigenvalue weighted by atomic mass is 10.1. The molecule has 6 heteroatoms. The number of carboxylic acids is 1. The van der Waals surface area contributed by atoms with Crippen LogP contribution in [-0.2, 0) is 4.79 Å². The zero-order valence-electron chi connectivity index (χ0n) is 10.9. The molecule has 17 heavy (non-hydrogen) atoms. The summed E-state index contributed by atoms with van der Waals surface area (Å²) < 4.78 is 0.